The van der Waals surface area contributed by atoms with Crippen LogP contribution < -0.4 is 19.5 Å². The Morgan fingerprint density at radius 1 is 1.08 bits per heavy atom. The number of hydrogen-bond acceptors (Lipinski definition) is 6. The smallest absolute Gasteiger partial charge is 0.261 e. The Balaban J connectivity index is 2.41. The van der Waals surface area contributed by atoms with Crippen molar-refractivity contribution in [1.29, 1.82) is 0 Å². The number of nitrogens with zero attached hydrogens (tertiary/aromatic N) is 1. The fraction of sp³-hybridized carbons (Fsp3) is 0.444. The number of methoxy groups -OCH3 is 3. The number of nitrogens with one attached hydrogen (secondary N) is 1. The summed E-state index contributed by atoms with van der Waals surface area (Å²) >= 11 is 0. The lowest BCUT2D eigenvalue weighted by Crippen LogP contribution is -2.21. The van der Waals surface area contributed by atoms with E-state index in [2.05, 4.69) is 10.5 Å². The van der Waals surface area contributed by atoms with Gasteiger partial charge in [0.15, 0.2) is 11.5 Å². The van der Waals surface area contributed by atoms with Crippen LogP contribution in [0.5, 0.6) is 17.2 Å². The van der Waals surface area contributed by atoms with Gasteiger partial charge in [-0.15, -0.1) is 0 Å². The Morgan fingerprint density at radius 3 is 2.08 bits per heavy atom. The highest BCUT2D eigenvalue weighted by Crippen LogP contribution is 2.40. The van der Waals surface area contributed by atoms with Gasteiger partial charge in [0, 0.05) is 23.2 Å². The molecule has 1 heterocycles. The molecule has 2 rings (SSSR count). The third-order valence-electron chi connectivity index (χ3n) is 3.72. The molecule has 7 nitrogen and oxygen atoms in total. The molecule has 7 heteroatoms. The summed E-state index contributed by atoms with van der Waals surface area (Å²) in [6.45, 7) is 7.63. The van der Waals surface area contributed by atoms with Gasteiger partial charge in [-0.05, 0) is 6.92 Å². The van der Waals surface area contributed by atoms with Gasteiger partial charge >= 0.3 is 0 Å². The standard InChI is InChI=1S/C18H24N2O5/c1-10-14(16(20-25-10)18(2,3)4)17(21)19-11-8-12(22-5)15(24-7)13(9-11)23-6/h8-9H,1-7H3,(H,19,21). The maximum Gasteiger partial charge on any atom is 0.261 e. The number of aryl methyl sites for hydroxylation is 1. The Kier molecular flexibility index (Phi) is 5.25. The van der Waals surface area contributed by atoms with E-state index < -0.39 is 0 Å². The van der Waals surface area contributed by atoms with Crippen molar-refractivity contribution in [3.8, 4) is 17.2 Å². The first-order chi connectivity index (χ1) is 11.7. The molecule has 136 valence electrons. The number of amides is 1. The molecule has 0 aliphatic heterocycles. The van der Waals surface area contributed by atoms with Gasteiger partial charge in [0.1, 0.15) is 17.0 Å². The van der Waals surface area contributed by atoms with Gasteiger partial charge in [0.05, 0.1) is 21.3 Å². The quantitative estimate of drug-likeness (QED) is 0.889. The number of aromatic nitrogens is 1. The van der Waals surface area contributed by atoms with E-state index in [1.54, 1.807) is 19.1 Å². The minimum Gasteiger partial charge on any atom is -0.493 e. The predicted octanol–water partition coefficient (Wildman–Crippen LogP) is 3.56. The molecule has 25 heavy (non-hydrogen) atoms. The van der Waals surface area contributed by atoms with E-state index in [1.807, 2.05) is 20.8 Å². The van der Waals surface area contributed by atoms with Crippen LogP contribution in [0.3, 0.4) is 0 Å². The second-order valence-corrected chi connectivity index (χ2v) is 6.58. The van der Waals surface area contributed by atoms with Crippen LogP contribution in [-0.2, 0) is 5.41 Å². The number of ether oxygens (including phenoxy) is 3. The normalized spacial score (nSPS) is 11.2. The lowest BCUT2D eigenvalue weighted by Gasteiger charge is -2.17. The summed E-state index contributed by atoms with van der Waals surface area (Å²) in [7, 11) is 4.56. The summed E-state index contributed by atoms with van der Waals surface area (Å²) in [5.74, 6) is 1.53. The summed E-state index contributed by atoms with van der Waals surface area (Å²) in [5, 5.41) is 6.88. The van der Waals surface area contributed by atoms with E-state index in [9.17, 15) is 4.79 Å². The molecule has 0 saturated heterocycles. The molecule has 0 aliphatic carbocycles. The van der Waals surface area contributed by atoms with Crippen LogP contribution in [0.1, 0.15) is 42.6 Å². The molecule has 0 spiro atoms. The topological polar surface area (TPSA) is 82.8 Å². The highest BCUT2D eigenvalue weighted by Gasteiger charge is 2.29. The average molecular weight is 348 g/mol. The maximum atomic E-state index is 12.8. The first kappa shape index (κ1) is 18.6. The van der Waals surface area contributed by atoms with Gasteiger partial charge in [-0.1, -0.05) is 25.9 Å². The van der Waals surface area contributed by atoms with Crippen molar-refractivity contribution in [2.45, 2.75) is 33.1 Å². The minimum absolute atomic E-state index is 0.307. The third-order valence-corrected chi connectivity index (χ3v) is 3.72. The second-order valence-electron chi connectivity index (χ2n) is 6.58. The van der Waals surface area contributed by atoms with Gasteiger partial charge in [0.2, 0.25) is 5.75 Å². The van der Waals surface area contributed by atoms with E-state index in [0.717, 1.165) is 0 Å². The fourth-order valence-corrected chi connectivity index (χ4v) is 2.50. The van der Waals surface area contributed by atoms with Gasteiger partial charge in [-0.2, -0.15) is 0 Å². The summed E-state index contributed by atoms with van der Waals surface area (Å²) in [4.78, 5) is 12.8. The van der Waals surface area contributed by atoms with E-state index in [0.29, 0.717) is 40.0 Å². The highest BCUT2D eigenvalue weighted by atomic mass is 16.5. The molecule has 0 fully saturated rings. The van der Waals surface area contributed by atoms with Crippen molar-refractivity contribution >= 4 is 11.6 Å². The number of rotatable bonds is 5. The van der Waals surface area contributed by atoms with Crippen LogP contribution in [0.25, 0.3) is 0 Å². The highest BCUT2D eigenvalue weighted by molar-refractivity contribution is 6.06. The maximum absolute atomic E-state index is 12.8. The van der Waals surface area contributed by atoms with Crippen molar-refractivity contribution in [2.24, 2.45) is 0 Å². The number of carbonyl (C=O) groups is 1. The molecular formula is C18H24N2O5. The zero-order valence-corrected chi connectivity index (χ0v) is 15.6. The van der Waals surface area contributed by atoms with Crippen LogP contribution in [0, 0.1) is 6.92 Å². The third kappa shape index (κ3) is 3.70. The van der Waals surface area contributed by atoms with E-state index in [4.69, 9.17) is 18.7 Å². The molecule has 1 aromatic carbocycles. The van der Waals surface area contributed by atoms with Crippen molar-refractivity contribution in [3.05, 3.63) is 29.2 Å². The minimum atomic E-state index is -0.320. The lowest BCUT2D eigenvalue weighted by atomic mass is 9.88. The second kappa shape index (κ2) is 7.04. The SMILES string of the molecule is COc1cc(NC(=O)c2c(C(C)(C)C)noc2C)cc(OC)c1OC. The summed E-state index contributed by atoms with van der Waals surface area (Å²) in [6, 6.07) is 3.33. The van der Waals surface area contributed by atoms with Gasteiger partial charge in [-0.25, -0.2) is 0 Å². The molecule has 0 atom stereocenters. The predicted molar refractivity (Wildman–Crippen MR) is 94.0 cm³/mol. The van der Waals surface area contributed by atoms with Crippen molar-refractivity contribution < 1.29 is 23.5 Å². The molecule has 0 bridgehead atoms. The van der Waals surface area contributed by atoms with Crippen molar-refractivity contribution in [3.63, 3.8) is 0 Å². The van der Waals surface area contributed by atoms with Gasteiger partial charge < -0.3 is 24.1 Å². The van der Waals surface area contributed by atoms with E-state index >= 15 is 0 Å². The summed E-state index contributed by atoms with van der Waals surface area (Å²) in [6.07, 6.45) is 0. The van der Waals surface area contributed by atoms with Crippen LogP contribution in [0.4, 0.5) is 5.69 Å². The number of carbonyl (C=O) groups excluding carboxylic acids is 1. The van der Waals surface area contributed by atoms with E-state index in [-0.39, 0.29) is 11.3 Å². The molecule has 0 aliphatic rings. The lowest BCUT2D eigenvalue weighted by molar-refractivity contribution is 0.102. The van der Waals surface area contributed by atoms with Crippen LogP contribution in [-0.4, -0.2) is 32.4 Å². The van der Waals surface area contributed by atoms with E-state index in [1.165, 1.54) is 21.3 Å². The monoisotopic (exact) mass is 348 g/mol. The Labute approximate surface area is 147 Å². The van der Waals surface area contributed by atoms with Crippen molar-refractivity contribution in [2.75, 3.05) is 26.6 Å². The molecule has 0 saturated carbocycles. The van der Waals surface area contributed by atoms with Crippen LogP contribution in [0.2, 0.25) is 0 Å². The Bertz CT molecular complexity index is 749. The Hall–Kier alpha value is -2.70. The fourth-order valence-electron chi connectivity index (χ4n) is 2.50. The zero-order valence-electron chi connectivity index (χ0n) is 15.6. The first-order valence-electron chi connectivity index (χ1n) is 7.81. The largest absolute Gasteiger partial charge is 0.493 e. The molecule has 1 aromatic heterocycles. The molecule has 1 amide bonds. The molecular weight excluding hydrogens is 324 g/mol. The van der Waals surface area contributed by atoms with Crippen LogP contribution >= 0.6 is 0 Å². The summed E-state index contributed by atoms with van der Waals surface area (Å²) in [5.41, 5.74) is 1.23. The number of benzene rings is 1. The molecule has 0 radical (unpaired) electrons. The first-order valence-corrected chi connectivity index (χ1v) is 7.81. The van der Waals surface area contributed by atoms with Gasteiger partial charge in [-0.3, -0.25) is 4.79 Å². The average Bonchev–Trinajstić information content (AvgIpc) is 2.95. The Morgan fingerprint density at radius 2 is 1.64 bits per heavy atom. The van der Waals surface area contributed by atoms with Crippen molar-refractivity contribution in [1.82, 2.24) is 5.16 Å². The molecule has 1 N–H and O–H groups in total. The van der Waals surface area contributed by atoms with Gasteiger partial charge in [0.25, 0.3) is 5.91 Å². The van der Waals surface area contributed by atoms with Crippen LogP contribution in [0.15, 0.2) is 16.7 Å². The number of anilines is 1. The molecule has 2 aromatic rings. The number of hydrogen-bond donors (Lipinski definition) is 1. The summed E-state index contributed by atoms with van der Waals surface area (Å²) < 4.78 is 21.1. The molecule has 0 unspecified atom stereocenters. The zero-order chi connectivity index (χ0) is 18.8.